The van der Waals surface area contributed by atoms with Crippen molar-refractivity contribution in [1.82, 2.24) is 0 Å². The molecule has 0 bridgehead atoms. The third-order valence-corrected chi connectivity index (χ3v) is 4.20. The van der Waals surface area contributed by atoms with Crippen LogP contribution in [0.4, 0.5) is 13.2 Å². The topological polar surface area (TPSA) is 34.1 Å². The molecule has 0 aromatic carbocycles. The van der Waals surface area contributed by atoms with Gasteiger partial charge >= 0.3 is 6.18 Å². The van der Waals surface area contributed by atoms with Gasteiger partial charge in [0.25, 0.3) is 0 Å². The van der Waals surface area contributed by atoms with Crippen LogP contribution in [-0.4, -0.2) is 20.3 Å². The first-order valence-corrected chi connectivity index (χ1v) is 6.11. The van der Waals surface area contributed by atoms with Gasteiger partial charge in [0, 0.05) is 0 Å². The molecule has 1 rings (SSSR count). The fraction of sp³-hybridized carbons (Fsp3) is 0.875. The van der Waals surface area contributed by atoms with Gasteiger partial charge in [0.1, 0.15) is 5.75 Å². The summed E-state index contributed by atoms with van der Waals surface area (Å²) < 4.78 is 58.2. The van der Waals surface area contributed by atoms with E-state index in [4.69, 9.17) is 0 Å². The second-order valence-electron chi connectivity index (χ2n) is 3.47. The molecule has 1 aliphatic rings. The Morgan fingerprint density at radius 1 is 1.07 bits per heavy atom. The highest BCUT2D eigenvalue weighted by atomic mass is 32.2. The van der Waals surface area contributed by atoms with Crippen molar-refractivity contribution in [1.29, 1.82) is 0 Å². The average molecular weight is 229 g/mol. The molecule has 1 saturated carbocycles. The first-order chi connectivity index (χ1) is 6.31. The van der Waals surface area contributed by atoms with Crippen molar-refractivity contribution in [3.05, 3.63) is 5.25 Å². The van der Waals surface area contributed by atoms with E-state index in [2.05, 4.69) is 0 Å². The summed E-state index contributed by atoms with van der Waals surface area (Å²) in [6.07, 6.45) is -1.73. The van der Waals surface area contributed by atoms with Gasteiger partial charge in [0.05, 0.1) is 5.25 Å². The molecule has 14 heavy (non-hydrogen) atoms. The van der Waals surface area contributed by atoms with Gasteiger partial charge in [-0.25, -0.2) is 8.42 Å². The Morgan fingerprint density at radius 3 is 2.00 bits per heavy atom. The van der Waals surface area contributed by atoms with Crippen LogP contribution in [0.1, 0.15) is 32.1 Å². The van der Waals surface area contributed by atoms with Crippen LogP contribution in [0.2, 0.25) is 0 Å². The molecule has 0 aromatic heterocycles. The summed E-state index contributed by atoms with van der Waals surface area (Å²) in [6.45, 7) is 0. The lowest BCUT2D eigenvalue weighted by molar-refractivity contribution is -0.106. The van der Waals surface area contributed by atoms with Crippen molar-refractivity contribution in [2.75, 3.05) is 5.75 Å². The molecule has 0 atom stereocenters. The van der Waals surface area contributed by atoms with Gasteiger partial charge in [0.2, 0.25) is 0 Å². The van der Waals surface area contributed by atoms with E-state index in [1.54, 1.807) is 0 Å². The minimum atomic E-state index is -4.62. The van der Waals surface area contributed by atoms with E-state index < -0.39 is 21.8 Å². The van der Waals surface area contributed by atoms with Gasteiger partial charge < -0.3 is 0 Å². The van der Waals surface area contributed by atoms with Crippen molar-refractivity contribution < 1.29 is 21.6 Å². The number of hydrogen-bond acceptors (Lipinski definition) is 2. The molecule has 0 aromatic rings. The SMILES string of the molecule is O=S(=O)(CC(F)(F)F)[C]1CCCCC1. The summed E-state index contributed by atoms with van der Waals surface area (Å²) in [5.74, 6) is -1.70. The molecule has 83 valence electrons. The Balaban J connectivity index is 2.64. The average Bonchev–Trinajstić information content (AvgIpc) is 2.01. The molecule has 0 amide bonds. The van der Waals surface area contributed by atoms with Crippen LogP contribution in [-0.2, 0) is 9.84 Å². The minimum Gasteiger partial charge on any atom is -0.228 e. The van der Waals surface area contributed by atoms with Gasteiger partial charge in [-0.15, -0.1) is 0 Å². The Morgan fingerprint density at radius 2 is 1.57 bits per heavy atom. The number of hydrogen-bond donors (Lipinski definition) is 0. The maximum Gasteiger partial charge on any atom is 0.402 e. The number of halogens is 3. The molecule has 1 radical (unpaired) electrons. The van der Waals surface area contributed by atoms with Crippen LogP contribution >= 0.6 is 0 Å². The summed E-state index contributed by atoms with van der Waals surface area (Å²) in [5.41, 5.74) is 0. The van der Waals surface area contributed by atoms with Crippen LogP contribution in [0.25, 0.3) is 0 Å². The first kappa shape index (κ1) is 11.8. The van der Waals surface area contributed by atoms with E-state index in [1.807, 2.05) is 0 Å². The molecular weight excluding hydrogens is 217 g/mol. The molecule has 2 nitrogen and oxygen atoms in total. The molecule has 0 N–H and O–H groups in total. The van der Waals surface area contributed by atoms with Gasteiger partial charge in [-0.05, 0) is 12.8 Å². The predicted octanol–water partition coefficient (Wildman–Crippen LogP) is 2.46. The smallest absolute Gasteiger partial charge is 0.228 e. The van der Waals surface area contributed by atoms with Crippen molar-refractivity contribution in [2.24, 2.45) is 0 Å². The Kier molecular flexibility index (Phi) is 3.44. The van der Waals surface area contributed by atoms with Crippen LogP contribution in [0, 0.1) is 5.25 Å². The van der Waals surface area contributed by atoms with E-state index in [1.165, 1.54) is 0 Å². The zero-order valence-corrected chi connectivity index (χ0v) is 8.42. The fourth-order valence-corrected chi connectivity index (χ4v) is 3.12. The second-order valence-corrected chi connectivity index (χ2v) is 5.57. The van der Waals surface area contributed by atoms with Gasteiger partial charge in [-0.3, -0.25) is 0 Å². The van der Waals surface area contributed by atoms with Gasteiger partial charge in [0.15, 0.2) is 9.84 Å². The second kappa shape index (κ2) is 4.08. The van der Waals surface area contributed by atoms with E-state index in [-0.39, 0.29) is 5.25 Å². The van der Waals surface area contributed by atoms with E-state index in [0.717, 1.165) is 6.42 Å². The Hall–Kier alpha value is -0.260. The summed E-state index contributed by atoms with van der Waals surface area (Å²) in [6, 6.07) is 0. The Labute approximate surface area is 81.4 Å². The van der Waals surface area contributed by atoms with E-state index >= 15 is 0 Å². The molecule has 0 aliphatic heterocycles. The lowest BCUT2D eigenvalue weighted by atomic mass is 10.0. The van der Waals surface area contributed by atoms with Crippen LogP contribution in [0.3, 0.4) is 0 Å². The molecule has 0 spiro atoms. The molecule has 1 aliphatic carbocycles. The lowest BCUT2D eigenvalue weighted by Gasteiger charge is -2.21. The van der Waals surface area contributed by atoms with E-state index in [0.29, 0.717) is 25.7 Å². The van der Waals surface area contributed by atoms with Crippen molar-refractivity contribution in [3.8, 4) is 0 Å². The summed E-state index contributed by atoms with van der Waals surface area (Å²) in [5, 5.41) is 0.0843. The standard InChI is InChI=1S/C8H12F3O2S/c9-8(10,11)6-14(12,13)7-4-2-1-3-5-7/h1-6H2. The van der Waals surface area contributed by atoms with Crippen molar-refractivity contribution in [3.63, 3.8) is 0 Å². The van der Waals surface area contributed by atoms with Crippen LogP contribution in [0.5, 0.6) is 0 Å². The van der Waals surface area contributed by atoms with Crippen molar-refractivity contribution >= 4 is 9.84 Å². The molecule has 1 fully saturated rings. The largest absolute Gasteiger partial charge is 0.402 e. The number of rotatable bonds is 2. The maximum atomic E-state index is 11.9. The van der Waals surface area contributed by atoms with Gasteiger partial charge in [-0.1, -0.05) is 19.3 Å². The summed E-state index contributed by atoms with van der Waals surface area (Å²) in [7, 11) is -4.05. The van der Waals surface area contributed by atoms with Crippen molar-refractivity contribution in [2.45, 2.75) is 38.3 Å². The number of sulfone groups is 1. The third-order valence-electron chi connectivity index (χ3n) is 2.20. The zero-order valence-electron chi connectivity index (χ0n) is 7.60. The van der Waals surface area contributed by atoms with Gasteiger partial charge in [-0.2, -0.15) is 13.2 Å². The predicted molar refractivity (Wildman–Crippen MR) is 46.2 cm³/mol. The highest BCUT2D eigenvalue weighted by Crippen LogP contribution is 2.33. The summed E-state index contributed by atoms with van der Waals surface area (Å²) in [4.78, 5) is 0. The van der Waals surface area contributed by atoms with E-state index in [9.17, 15) is 21.6 Å². The molecular formula is C8H12F3O2S. The maximum absolute atomic E-state index is 11.9. The highest BCUT2D eigenvalue weighted by Gasteiger charge is 2.39. The third kappa shape index (κ3) is 3.48. The fourth-order valence-electron chi connectivity index (χ4n) is 1.57. The Bertz CT molecular complexity index is 275. The zero-order chi connectivity index (χ0) is 10.8. The normalized spacial score (nSPS) is 21.1. The summed E-state index contributed by atoms with van der Waals surface area (Å²) >= 11 is 0. The molecule has 0 saturated heterocycles. The quantitative estimate of drug-likeness (QED) is 0.728. The van der Waals surface area contributed by atoms with Crippen LogP contribution < -0.4 is 0 Å². The molecule has 0 unspecified atom stereocenters. The lowest BCUT2D eigenvalue weighted by Crippen LogP contribution is -2.28. The van der Waals surface area contributed by atoms with Crippen LogP contribution in [0.15, 0.2) is 0 Å². The molecule has 6 heteroatoms. The highest BCUT2D eigenvalue weighted by molar-refractivity contribution is 7.94. The minimum absolute atomic E-state index is 0.0843. The monoisotopic (exact) mass is 229 g/mol. The number of alkyl halides is 3. The first-order valence-electron chi connectivity index (χ1n) is 4.45. The molecule has 0 heterocycles.